The molecule has 0 N–H and O–H groups in total. The van der Waals surface area contributed by atoms with Crippen LogP contribution in [0, 0.1) is 0 Å². The van der Waals surface area contributed by atoms with Gasteiger partial charge in [0.2, 0.25) is 0 Å². The lowest BCUT2D eigenvalue weighted by atomic mass is 9.84. The van der Waals surface area contributed by atoms with E-state index in [1.165, 1.54) is 30.4 Å². The van der Waals surface area contributed by atoms with Gasteiger partial charge in [0.25, 0.3) is 0 Å². The Kier molecular flexibility index (Phi) is 3.48. The second-order valence-electron chi connectivity index (χ2n) is 5.83. The lowest BCUT2D eigenvalue weighted by Gasteiger charge is -2.48. The molecule has 0 amide bonds. The first-order valence-electron chi connectivity index (χ1n) is 6.76. The molecule has 2 aromatic rings. The molecule has 19 heavy (non-hydrogen) atoms. The minimum absolute atomic E-state index is 0. The van der Waals surface area contributed by atoms with E-state index in [4.69, 9.17) is 0 Å². The highest BCUT2D eigenvalue weighted by atomic mass is 127. The fourth-order valence-electron chi connectivity index (χ4n) is 3.77. The van der Waals surface area contributed by atoms with Gasteiger partial charge in [0.1, 0.15) is 6.04 Å². The number of benzene rings is 1. The predicted molar refractivity (Wildman–Crippen MR) is 75.9 cm³/mol. The predicted octanol–water partition coefficient (Wildman–Crippen LogP) is 0.400. The zero-order valence-electron chi connectivity index (χ0n) is 11.1. The maximum absolute atomic E-state index is 2.45. The van der Waals surface area contributed by atoms with Crippen molar-refractivity contribution in [2.75, 3.05) is 20.1 Å². The second-order valence-corrected chi connectivity index (χ2v) is 6.83. The summed E-state index contributed by atoms with van der Waals surface area (Å²) in [4.78, 5) is 1.62. The van der Waals surface area contributed by atoms with Gasteiger partial charge in [-0.15, -0.1) is 11.3 Å². The first kappa shape index (κ1) is 13.6. The highest BCUT2D eigenvalue weighted by molar-refractivity contribution is 7.10. The Bertz CT molecular complexity index is 606. The summed E-state index contributed by atoms with van der Waals surface area (Å²) >= 11 is 1.94. The first-order valence-corrected chi connectivity index (χ1v) is 7.64. The largest absolute Gasteiger partial charge is 1.00 e. The minimum Gasteiger partial charge on any atom is -1.00 e. The Balaban J connectivity index is 0.00000110. The van der Waals surface area contributed by atoms with Crippen molar-refractivity contribution in [1.82, 2.24) is 0 Å². The fourth-order valence-corrected chi connectivity index (χ4v) is 4.67. The summed E-state index contributed by atoms with van der Waals surface area (Å²) in [6.45, 7) is 2.59. The van der Waals surface area contributed by atoms with Gasteiger partial charge in [-0.1, -0.05) is 24.3 Å². The molecular formula is C16H18INS. The smallest absolute Gasteiger partial charge is 0.142 e. The van der Waals surface area contributed by atoms with Crippen LogP contribution in [0.1, 0.15) is 27.6 Å². The third kappa shape index (κ3) is 1.98. The van der Waals surface area contributed by atoms with Crippen molar-refractivity contribution >= 4 is 11.3 Å². The molecule has 0 saturated heterocycles. The number of halogens is 1. The summed E-state index contributed by atoms with van der Waals surface area (Å²) in [6, 6.07) is 12.0. The molecule has 0 bridgehead atoms. The van der Waals surface area contributed by atoms with E-state index in [2.05, 4.69) is 42.8 Å². The fraction of sp³-hybridized carbons (Fsp3) is 0.375. The van der Waals surface area contributed by atoms with Gasteiger partial charge in [0.05, 0.1) is 20.1 Å². The molecule has 2 atom stereocenters. The standard InChI is InChI=1S/C16H18NS.HI/c1-17-9-6-12-4-2-3-5-13(12)16(17)14-8-11-18-15(14)7-10-17;/h2-5,8,11,16H,6-7,9-10H2,1H3;1H/q+1;/p-1. The van der Waals surface area contributed by atoms with Crippen LogP contribution in [-0.2, 0) is 12.8 Å². The van der Waals surface area contributed by atoms with Gasteiger partial charge >= 0.3 is 0 Å². The molecule has 3 heterocycles. The van der Waals surface area contributed by atoms with Crippen LogP contribution in [0.2, 0.25) is 0 Å². The normalized spacial score (nSPS) is 27.7. The number of rotatable bonds is 0. The number of hydrogen-bond acceptors (Lipinski definition) is 1. The van der Waals surface area contributed by atoms with Crippen LogP contribution in [-0.4, -0.2) is 24.6 Å². The summed E-state index contributed by atoms with van der Waals surface area (Å²) in [5, 5.41) is 2.28. The highest BCUT2D eigenvalue weighted by Crippen LogP contribution is 2.45. The number of fused-ring (bicyclic) bond motifs is 5. The molecule has 2 aliphatic heterocycles. The first-order chi connectivity index (χ1) is 8.78. The van der Waals surface area contributed by atoms with Crippen molar-refractivity contribution in [2.24, 2.45) is 0 Å². The molecule has 2 unspecified atom stereocenters. The van der Waals surface area contributed by atoms with Crippen molar-refractivity contribution in [3.8, 4) is 0 Å². The molecule has 1 aromatic heterocycles. The third-order valence-electron chi connectivity index (χ3n) is 4.79. The Morgan fingerprint density at radius 2 is 1.84 bits per heavy atom. The van der Waals surface area contributed by atoms with E-state index in [1.54, 1.807) is 21.6 Å². The van der Waals surface area contributed by atoms with Crippen molar-refractivity contribution in [1.29, 1.82) is 0 Å². The van der Waals surface area contributed by atoms with E-state index in [0.29, 0.717) is 6.04 Å². The van der Waals surface area contributed by atoms with Crippen LogP contribution in [0.5, 0.6) is 0 Å². The summed E-state index contributed by atoms with van der Waals surface area (Å²) in [5.74, 6) is 0. The van der Waals surface area contributed by atoms with Crippen LogP contribution < -0.4 is 24.0 Å². The SMILES string of the molecule is C[N+]12CCc3ccccc3C1c1ccsc1CC2.[I-]. The van der Waals surface area contributed by atoms with Crippen molar-refractivity contribution < 1.29 is 28.5 Å². The Morgan fingerprint density at radius 1 is 1.05 bits per heavy atom. The summed E-state index contributed by atoms with van der Waals surface area (Å²) in [5.41, 5.74) is 4.74. The summed E-state index contributed by atoms with van der Waals surface area (Å²) in [7, 11) is 2.45. The molecule has 0 fully saturated rings. The number of nitrogens with zero attached hydrogens (tertiary/aromatic N) is 1. The molecule has 4 rings (SSSR count). The molecule has 1 nitrogen and oxygen atoms in total. The van der Waals surface area contributed by atoms with Crippen LogP contribution >= 0.6 is 11.3 Å². The van der Waals surface area contributed by atoms with Gasteiger partial charge in [-0.25, -0.2) is 0 Å². The summed E-state index contributed by atoms with van der Waals surface area (Å²) < 4.78 is 1.21. The van der Waals surface area contributed by atoms with Crippen LogP contribution in [0.4, 0.5) is 0 Å². The van der Waals surface area contributed by atoms with Crippen LogP contribution in [0.3, 0.4) is 0 Å². The second kappa shape index (κ2) is 4.86. The zero-order chi connectivity index (χ0) is 12.2. The molecule has 100 valence electrons. The Hall–Kier alpha value is -0.390. The van der Waals surface area contributed by atoms with E-state index in [0.717, 1.165) is 0 Å². The van der Waals surface area contributed by atoms with E-state index < -0.39 is 0 Å². The van der Waals surface area contributed by atoms with E-state index in [-0.39, 0.29) is 24.0 Å². The molecule has 2 aliphatic rings. The molecule has 0 aliphatic carbocycles. The molecule has 0 radical (unpaired) electrons. The van der Waals surface area contributed by atoms with Crippen molar-refractivity contribution in [2.45, 2.75) is 18.9 Å². The van der Waals surface area contributed by atoms with E-state index >= 15 is 0 Å². The number of thiophene rings is 1. The summed E-state index contributed by atoms with van der Waals surface area (Å²) in [6.07, 6.45) is 2.50. The van der Waals surface area contributed by atoms with Gasteiger partial charge in [-0.05, 0) is 17.0 Å². The minimum atomic E-state index is 0. The molecule has 3 heteroatoms. The maximum atomic E-state index is 2.45. The highest BCUT2D eigenvalue weighted by Gasteiger charge is 2.43. The van der Waals surface area contributed by atoms with Crippen molar-refractivity contribution in [3.05, 3.63) is 57.3 Å². The van der Waals surface area contributed by atoms with E-state index in [1.807, 2.05) is 11.3 Å². The number of hydrogen-bond donors (Lipinski definition) is 0. The van der Waals surface area contributed by atoms with Gasteiger partial charge < -0.3 is 28.5 Å². The Morgan fingerprint density at radius 3 is 2.74 bits per heavy atom. The maximum Gasteiger partial charge on any atom is 0.142 e. The average Bonchev–Trinajstić information content (AvgIpc) is 2.86. The zero-order valence-corrected chi connectivity index (χ0v) is 14.1. The van der Waals surface area contributed by atoms with Gasteiger partial charge in [-0.3, -0.25) is 0 Å². The molecular weight excluding hydrogens is 365 g/mol. The quantitative estimate of drug-likeness (QED) is 0.457. The van der Waals surface area contributed by atoms with Gasteiger partial charge in [-0.2, -0.15) is 0 Å². The molecule has 1 aromatic carbocycles. The Labute approximate surface area is 135 Å². The third-order valence-corrected chi connectivity index (χ3v) is 5.79. The average molecular weight is 383 g/mol. The lowest BCUT2D eigenvalue weighted by Crippen LogP contribution is -3.00. The van der Waals surface area contributed by atoms with Crippen LogP contribution in [0.15, 0.2) is 35.7 Å². The van der Waals surface area contributed by atoms with E-state index in [9.17, 15) is 0 Å². The molecule has 0 saturated carbocycles. The topological polar surface area (TPSA) is 0 Å². The monoisotopic (exact) mass is 383 g/mol. The number of likely N-dealkylation sites (N-methyl/N-ethyl adjacent to an activating group) is 1. The van der Waals surface area contributed by atoms with Gasteiger partial charge in [0, 0.05) is 28.8 Å². The molecule has 0 spiro atoms. The van der Waals surface area contributed by atoms with Crippen molar-refractivity contribution in [3.63, 3.8) is 0 Å². The van der Waals surface area contributed by atoms with Crippen LogP contribution in [0.25, 0.3) is 0 Å². The lowest BCUT2D eigenvalue weighted by molar-refractivity contribution is -0.937. The number of quaternary nitrogens is 1. The van der Waals surface area contributed by atoms with Gasteiger partial charge in [0.15, 0.2) is 0 Å².